The molecule has 0 saturated carbocycles. The maximum atomic E-state index is 9.32. The van der Waals surface area contributed by atoms with E-state index in [0.29, 0.717) is 5.75 Å². The Morgan fingerprint density at radius 2 is 1.77 bits per heavy atom. The lowest BCUT2D eigenvalue weighted by Gasteiger charge is -2.10. The first-order chi connectivity index (χ1) is 6.11. The van der Waals surface area contributed by atoms with E-state index in [0.717, 1.165) is 0 Å². The lowest BCUT2D eigenvalue weighted by molar-refractivity contribution is 0.385. The van der Waals surface area contributed by atoms with Gasteiger partial charge in [-0.25, -0.2) is 0 Å². The highest BCUT2D eigenvalue weighted by Gasteiger charge is 2.16. The van der Waals surface area contributed by atoms with Gasteiger partial charge in [-0.2, -0.15) is 0 Å². The van der Waals surface area contributed by atoms with Crippen LogP contribution in [0.2, 0.25) is 10.0 Å². The third kappa shape index (κ3) is 1.76. The fourth-order valence-electron chi connectivity index (χ4n) is 0.903. The lowest BCUT2D eigenvalue weighted by atomic mass is 10.3. The summed E-state index contributed by atoms with van der Waals surface area (Å²) in [5.74, 6) is 0.403. The minimum Gasteiger partial charge on any atom is -0.506 e. The second-order valence-corrected chi connectivity index (χ2v) is 3.02. The van der Waals surface area contributed by atoms with Crippen LogP contribution in [0.25, 0.3) is 0 Å². The second-order valence-electron chi connectivity index (χ2n) is 2.26. The van der Waals surface area contributed by atoms with E-state index in [2.05, 4.69) is 0 Å². The molecule has 1 aromatic rings. The maximum absolute atomic E-state index is 9.32. The number of hydrogen-bond donors (Lipinski definition) is 1. The molecule has 0 unspecified atom stereocenters. The molecule has 5 heteroatoms. The normalized spacial score (nSPS) is 9.85. The average Bonchev–Trinajstić information content (AvgIpc) is 2.12. The van der Waals surface area contributed by atoms with Crippen LogP contribution in [-0.2, 0) is 0 Å². The van der Waals surface area contributed by atoms with Crippen molar-refractivity contribution in [2.75, 3.05) is 14.2 Å². The maximum Gasteiger partial charge on any atom is 0.163 e. The number of halogens is 2. The van der Waals surface area contributed by atoms with E-state index < -0.39 is 0 Å². The summed E-state index contributed by atoms with van der Waals surface area (Å²) in [6.07, 6.45) is 0. The summed E-state index contributed by atoms with van der Waals surface area (Å²) >= 11 is 11.6. The quantitative estimate of drug-likeness (QED) is 0.837. The van der Waals surface area contributed by atoms with Crippen molar-refractivity contribution in [1.82, 2.24) is 0 Å². The van der Waals surface area contributed by atoms with Crippen LogP contribution in [0.1, 0.15) is 0 Å². The Morgan fingerprint density at radius 1 is 1.15 bits per heavy atom. The fraction of sp³-hybridized carbons (Fsp3) is 0.250. The van der Waals surface area contributed by atoms with Gasteiger partial charge in [0.2, 0.25) is 0 Å². The van der Waals surface area contributed by atoms with Crippen molar-refractivity contribution in [2.45, 2.75) is 0 Å². The number of phenols is 1. The highest BCUT2D eigenvalue weighted by atomic mass is 35.5. The van der Waals surface area contributed by atoms with Gasteiger partial charge in [0.15, 0.2) is 5.75 Å². The largest absolute Gasteiger partial charge is 0.506 e. The Kier molecular flexibility index (Phi) is 3.12. The summed E-state index contributed by atoms with van der Waals surface area (Å²) in [6.45, 7) is 0. The monoisotopic (exact) mass is 222 g/mol. The first-order valence-corrected chi connectivity index (χ1v) is 4.16. The molecule has 0 bridgehead atoms. The van der Waals surface area contributed by atoms with Gasteiger partial charge < -0.3 is 14.6 Å². The number of phenolic OH excluding ortho intramolecular Hbond substituents is 1. The molecule has 0 atom stereocenters. The predicted octanol–water partition coefficient (Wildman–Crippen LogP) is 2.72. The van der Waals surface area contributed by atoms with Crippen molar-refractivity contribution >= 4 is 23.2 Å². The summed E-state index contributed by atoms with van der Waals surface area (Å²) < 4.78 is 9.79. The highest BCUT2D eigenvalue weighted by molar-refractivity contribution is 6.39. The Bertz CT molecular complexity index is 326. The molecule has 1 aromatic carbocycles. The van der Waals surface area contributed by atoms with Crippen molar-refractivity contribution in [1.29, 1.82) is 0 Å². The van der Waals surface area contributed by atoms with Gasteiger partial charge in [-0.1, -0.05) is 23.2 Å². The molecule has 3 nitrogen and oxygen atoms in total. The summed E-state index contributed by atoms with van der Waals surface area (Å²) in [7, 11) is 2.85. The Balaban J connectivity index is 3.39. The van der Waals surface area contributed by atoms with Crippen LogP contribution in [0.5, 0.6) is 17.2 Å². The summed E-state index contributed by atoms with van der Waals surface area (Å²) in [6, 6.07) is 1.33. The van der Waals surface area contributed by atoms with Gasteiger partial charge >= 0.3 is 0 Å². The van der Waals surface area contributed by atoms with E-state index in [1.165, 1.54) is 20.3 Å². The number of benzene rings is 1. The summed E-state index contributed by atoms with van der Waals surface area (Å²) in [4.78, 5) is 0. The number of hydrogen-bond acceptors (Lipinski definition) is 3. The van der Waals surface area contributed by atoms with Gasteiger partial charge in [0.05, 0.1) is 14.2 Å². The molecule has 0 fully saturated rings. The molecule has 0 saturated heterocycles. The predicted molar refractivity (Wildman–Crippen MR) is 51.2 cm³/mol. The molecule has 0 aromatic heterocycles. The molecule has 0 aliphatic carbocycles. The van der Waals surface area contributed by atoms with E-state index in [-0.39, 0.29) is 21.5 Å². The van der Waals surface area contributed by atoms with Crippen molar-refractivity contribution in [3.8, 4) is 17.2 Å². The molecule has 0 aliphatic heterocycles. The van der Waals surface area contributed by atoms with Crippen LogP contribution >= 0.6 is 23.2 Å². The van der Waals surface area contributed by atoms with E-state index in [4.69, 9.17) is 32.7 Å². The first kappa shape index (κ1) is 10.3. The molecule has 0 spiro atoms. The molecule has 13 heavy (non-hydrogen) atoms. The van der Waals surface area contributed by atoms with Gasteiger partial charge in [0.1, 0.15) is 21.5 Å². The van der Waals surface area contributed by atoms with Crippen LogP contribution in [0, 0.1) is 0 Å². The molecule has 1 rings (SSSR count). The van der Waals surface area contributed by atoms with Gasteiger partial charge in [-0.15, -0.1) is 0 Å². The van der Waals surface area contributed by atoms with Crippen LogP contribution in [-0.4, -0.2) is 19.3 Å². The molecule has 0 heterocycles. The third-order valence-electron chi connectivity index (χ3n) is 1.53. The van der Waals surface area contributed by atoms with Gasteiger partial charge in [0, 0.05) is 6.07 Å². The number of methoxy groups -OCH3 is 2. The van der Waals surface area contributed by atoms with Crippen molar-refractivity contribution in [3.63, 3.8) is 0 Å². The summed E-state index contributed by atoms with van der Waals surface area (Å²) in [5, 5.41) is 9.64. The van der Waals surface area contributed by atoms with Crippen molar-refractivity contribution in [3.05, 3.63) is 16.1 Å². The van der Waals surface area contributed by atoms with E-state index in [9.17, 15) is 5.11 Å². The van der Waals surface area contributed by atoms with E-state index in [1.54, 1.807) is 0 Å². The minimum atomic E-state index is -0.125. The Morgan fingerprint density at radius 3 is 2.23 bits per heavy atom. The zero-order valence-electron chi connectivity index (χ0n) is 7.10. The molecular formula is C8H8Cl2O3. The molecule has 1 N–H and O–H groups in total. The fourth-order valence-corrected chi connectivity index (χ4v) is 1.48. The Hall–Kier alpha value is -0.800. The van der Waals surface area contributed by atoms with Crippen molar-refractivity contribution < 1.29 is 14.6 Å². The number of rotatable bonds is 2. The lowest BCUT2D eigenvalue weighted by Crippen LogP contribution is -1.90. The average molecular weight is 223 g/mol. The van der Waals surface area contributed by atoms with Gasteiger partial charge in [0.25, 0.3) is 0 Å². The smallest absolute Gasteiger partial charge is 0.163 e. The SMILES string of the molecule is COc1cc(O)c(Cl)c(OC)c1Cl. The molecular weight excluding hydrogens is 215 g/mol. The van der Waals surface area contributed by atoms with Crippen LogP contribution in [0.4, 0.5) is 0 Å². The van der Waals surface area contributed by atoms with Crippen LogP contribution in [0.3, 0.4) is 0 Å². The van der Waals surface area contributed by atoms with E-state index in [1.807, 2.05) is 0 Å². The molecule has 0 amide bonds. The first-order valence-electron chi connectivity index (χ1n) is 3.40. The summed E-state index contributed by atoms with van der Waals surface area (Å²) in [5.41, 5.74) is 0. The zero-order chi connectivity index (χ0) is 10.0. The van der Waals surface area contributed by atoms with Gasteiger partial charge in [-0.3, -0.25) is 0 Å². The van der Waals surface area contributed by atoms with Crippen molar-refractivity contribution in [2.24, 2.45) is 0 Å². The van der Waals surface area contributed by atoms with Gasteiger partial charge in [-0.05, 0) is 0 Å². The minimum absolute atomic E-state index is 0.0771. The molecule has 72 valence electrons. The highest BCUT2D eigenvalue weighted by Crippen LogP contribution is 2.44. The van der Waals surface area contributed by atoms with Crippen LogP contribution < -0.4 is 9.47 Å². The topological polar surface area (TPSA) is 38.7 Å². The molecule has 0 radical (unpaired) electrons. The second kappa shape index (κ2) is 3.94. The Labute approximate surface area is 85.8 Å². The standard InChI is InChI=1S/C8H8Cl2O3/c1-12-5-3-4(11)6(9)8(13-2)7(5)10/h3,11H,1-2H3. The third-order valence-corrected chi connectivity index (χ3v) is 2.25. The zero-order valence-corrected chi connectivity index (χ0v) is 8.61. The number of aromatic hydroxyl groups is 1. The molecule has 0 aliphatic rings. The number of ether oxygens (including phenoxy) is 2. The van der Waals surface area contributed by atoms with E-state index >= 15 is 0 Å². The van der Waals surface area contributed by atoms with Crippen LogP contribution in [0.15, 0.2) is 6.07 Å².